The van der Waals surface area contributed by atoms with Crippen LogP contribution in [-0.2, 0) is 11.2 Å². The van der Waals surface area contributed by atoms with Gasteiger partial charge in [0.15, 0.2) is 0 Å². The molecule has 2 heterocycles. The number of rotatable bonds is 5. The third-order valence-electron chi connectivity index (χ3n) is 5.38. The molecule has 3 rings (SSSR count). The van der Waals surface area contributed by atoms with Crippen LogP contribution in [-0.4, -0.2) is 35.0 Å². The number of aryl methyl sites for hydroxylation is 2. The lowest BCUT2D eigenvalue weighted by Crippen LogP contribution is -2.45. The quantitative estimate of drug-likeness (QED) is 0.901. The molecule has 1 N–H and O–H groups in total. The fraction of sp³-hybridized carbons (Fsp3) is 0.737. The minimum absolute atomic E-state index is 0.0763. The fourth-order valence-corrected chi connectivity index (χ4v) is 4.01. The number of hydrogen-bond acceptors (Lipinski definition) is 4. The minimum Gasteiger partial charge on any atom is -0.354 e. The molecule has 1 amide bonds. The molecule has 24 heavy (non-hydrogen) atoms. The predicted molar refractivity (Wildman–Crippen MR) is 96.1 cm³/mol. The zero-order valence-electron chi connectivity index (χ0n) is 15.1. The van der Waals surface area contributed by atoms with Crippen LogP contribution >= 0.6 is 0 Å². The summed E-state index contributed by atoms with van der Waals surface area (Å²) in [7, 11) is 0. The number of hydrogen-bond donors (Lipinski definition) is 1. The lowest BCUT2D eigenvalue weighted by atomic mass is 9.89. The topological polar surface area (TPSA) is 58.1 Å². The van der Waals surface area contributed by atoms with Crippen LogP contribution in [0, 0.1) is 12.8 Å². The number of carbonyl (C=O) groups is 1. The number of aromatic nitrogens is 2. The van der Waals surface area contributed by atoms with Gasteiger partial charge in [-0.1, -0.05) is 26.2 Å². The summed E-state index contributed by atoms with van der Waals surface area (Å²) >= 11 is 0. The summed E-state index contributed by atoms with van der Waals surface area (Å²) in [6, 6.07) is 1.97. The second-order valence-electron chi connectivity index (χ2n) is 7.22. The molecule has 1 unspecified atom stereocenters. The Morgan fingerprint density at radius 3 is 2.75 bits per heavy atom. The number of anilines is 1. The van der Waals surface area contributed by atoms with Gasteiger partial charge in [-0.3, -0.25) is 4.79 Å². The maximum absolute atomic E-state index is 12.7. The van der Waals surface area contributed by atoms with Gasteiger partial charge in [0.25, 0.3) is 0 Å². The van der Waals surface area contributed by atoms with Gasteiger partial charge in [-0.05, 0) is 44.9 Å². The summed E-state index contributed by atoms with van der Waals surface area (Å²) in [4.78, 5) is 23.9. The van der Waals surface area contributed by atoms with Crippen LogP contribution in [0.4, 0.5) is 5.82 Å². The number of carbonyl (C=O) groups excluding carboxylic acids is 1. The predicted octanol–water partition coefficient (Wildman–Crippen LogP) is 3.01. The van der Waals surface area contributed by atoms with E-state index in [0.29, 0.717) is 5.92 Å². The Hall–Kier alpha value is -1.65. The first-order chi connectivity index (χ1) is 11.7. The summed E-state index contributed by atoms with van der Waals surface area (Å²) in [5, 5.41) is 3.21. The minimum atomic E-state index is -0.0763. The van der Waals surface area contributed by atoms with Crippen LogP contribution in [0.1, 0.15) is 63.4 Å². The van der Waals surface area contributed by atoms with Crippen LogP contribution in [0.5, 0.6) is 0 Å². The molecule has 2 fully saturated rings. The summed E-state index contributed by atoms with van der Waals surface area (Å²) in [5.74, 6) is 2.55. The Morgan fingerprint density at radius 1 is 1.21 bits per heavy atom. The van der Waals surface area contributed by atoms with E-state index >= 15 is 0 Å². The molecule has 1 saturated carbocycles. The molecule has 0 bridgehead atoms. The molecular formula is C19H30N4O. The van der Waals surface area contributed by atoms with Crippen LogP contribution in [0.25, 0.3) is 0 Å². The molecule has 0 radical (unpaired) electrons. The highest BCUT2D eigenvalue weighted by Gasteiger charge is 2.32. The van der Waals surface area contributed by atoms with Gasteiger partial charge in [-0.25, -0.2) is 9.97 Å². The normalized spacial score (nSPS) is 21.9. The average Bonchev–Trinajstić information content (AvgIpc) is 3.10. The molecule has 1 saturated heterocycles. The number of nitrogens with one attached hydrogen (secondary N) is 1. The van der Waals surface area contributed by atoms with E-state index in [1.54, 1.807) is 0 Å². The first kappa shape index (κ1) is 17.2. The molecule has 0 spiro atoms. The van der Waals surface area contributed by atoms with Crippen molar-refractivity contribution in [3.63, 3.8) is 0 Å². The van der Waals surface area contributed by atoms with Crippen molar-refractivity contribution >= 4 is 11.7 Å². The van der Waals surface area contributed by atoms with Crippen LogP contribution in [0.15, 0.2) is 6.07 Å². The third kappa shape index (κ3) is 4.05. The van der Waals surface area contributed by atoms with Crippen LogP contribution in [0.2, 0.25) is 0 Å². The van der Waals surface area contributed by atoms with Crippen molar-refractivity contribution in [2.45, 2.75) is 71.3 Å². The first-order valence-corrected chi connectivity index (χ1v) is 9.56. The Morgan fingerprint density at radius 2 is 2.00 bits per heavy atom. The van der Waals surface area contributed by atoms with Gasteiger partial charge in [-0.2, -0.15) is 0 Å². The van der Waals surface area contributed by atoms with Gasteiger partial charge in [0.05, 0.1) is 0 Å². The second kappa shape index (κ2) is 7.95. The molecule has 5 nitrogen and oxygen atoms in total. The van der Waals surface area contributed by atoms with Gasteiger partial charge in [0.1, 0.15) is 17.7 Å². The number of nitrogens with zero attached hydrogens (tertiary/aromatic N) is 3. The molecule has 132 valence electrons. The molecular weight excluding hydrogens is 300 g/mol. The van der Waals surface area contributed by atoms with Gasteiger partial charge >= 0.3 is 0 Å². The molecule has 0 aromatic carbocycles. The summed E-state index contributed by atoms with van der Waals surface area (Å²) < 4.78 is 0. The van der Waals surface area contributed by atoms with E-state index in [1.165, 1.54) is 32.1 Å². The molecule has 1 atom stereocenters. The Kier molecular flexibility index (Phi) is 5.69. The fourth-order valence-electron chi connectivity index (χ4n) is 4.01. The molecule has 1 aliphatic heterocycles. The Labute approximate surface area is 145 Å². The highest BCUT2D eigenvalue weighted by Crippen LogP contribution is 2.26. The Bertz CT molecular complexity index is 568. The Balaban J connectivity index is 1.64. The van der Waals surface area contributed by atoms with E-state index in [0.717, 1.165) is 49.7 Å². The van der Waals surface area contributed by atoms with Crippen molar-refractivity contribution in [3.05, 3.63) is 17.6 Å². The standard InChI is InChI=1S/C19H30N4O/c1-3-16-12-18(22-14(2)21-16)23-11-7-10-17(23)19(24)20-13-15-8-5-4-6-9-15/h12,15,17H,3-11,13H2,1-2H3,(H,20,24). The molecule has 2 aliphatic rings. The molecule has 1 aromatic heterocycles. The summed E-state index contributed by atoms with van der Waals surface area (Å²) in [6.45, 7) is 5.77. The molecule has 1 aromatic rings. The van der Waals surface area contributed by atoms with E-state index in [1.807, 2.05) is 13.0 Å². The van der Waals surface area contributed by atoms with Crippen molar-refractivity contribution in [3.8, 4) is 0 Å². The summed E-state index contributed by atoms with van der Waals surface area (Å²) in [6.07, 6.45) is 9.37. The maximum Gasteiger partial charge on any atom is 0.242 e. The average molecular weight is 330 g/mol. The van der Waals surface area contributed by atoms with E-state index in [9.17, 15) is 4.79 Å². The first-order valence-electron chi connectivity index (χ1n) is 9.56. The third-order valence-corrected chi connectivity index (χ3v) is 5.38. The van der Waals surface area contributed by atoms with Crippen LogP contribution in [0.3, 0.4) is 0 Å². The van der Waals surface area contributed by atoms with Crippen molar-refractivity contribution in [1.29, 1.82) is 0 Å². The lowest BCUT2D eigenvalue weighted by Gasteiger charge is -2.27. The zero-order valence-corrected chi connectivity index (χ0v) is 15.1. The van der Waals surface area contributed by atoms with Gasteiger partial charge in [0.2, 0.25) is 5.91 Å². The SMILES string of the molecule is CCc1cc(N2CCCC2C(=O)NCC2CCCCC2)nc(C)n1. The van der Waals surface area contributed by atoms with Gasteiger partial charge < -0.3 is 10.2 Å². The van der Waals surface area contributed by atoms with E-state index in [4.69, 9.17) is 0 Å². The zero-order chi connectivity index (χ0) is 16.9. The van der Waals surface area contributed by atoms with Crippen LogP contribution < -0.4 is 10.2 Å². The van der Waals surface area contributed by atoms with E-state index in [2.05, 4.69) is 27.1 Å². The highest BCUT2D eigenvalue weighted by molar-refractivity contribution is 5.85. The van der Waals surface area contributed by atoms with Gasteiger partial charge in [0, 0.05) is 24.8 Å². The molecule has 1 aliphatic carbocycles. The van der Waals surface area contributed by atoms with E-state index < -0.39 is 0 Å². The summed E-state index contributed by atoms with van der Waals surface area (Å²) in [5.41, 5.74) is 1.05. The van der Waals surface area contributed by atoms with Crippen molar-refractivity contribution in [1.82, 2.24) is 15.3 Å². The van der Waals surface area contributed by atoms with Crippen molar-refractivity contribution < 1.29 is 4.79 Å². The molecule has 5 heteroatoms. The smallest absolute Gasteiger partial charge is 0.242 e. The monoisotopic (exact) mass is 330 g/mol. The number of amides is 1. The van der Waals surface area contributed by atoms with Crippen molar-refractivity contribution in [2.75, 3.05) is 18.0 Å². The lowest BCUT2D eigenvalue weighted by molar-refractivity contribution is -0.122. The van der Waals surface area contributed by atoms with E-state index in [-0.39, 0.29) is 11.9 Å². The highest BCUT2D eigenvalue weighted by atomic mass is 16.2. The second-order valence-corrected chi connectivity index (χ2v) is 7.22. The van der Waals surface area contributed by atoms with Gasteiger partial charge in [-0.15, -0.1) is 0 Å². The maximum atomic E-state index is 12.7. The largest absolute Gasteiger partial charge is 0.354 e. The van der Waals surface area contributed by atoms with Crippen molar-refractivity contribution in [2.24, 2.45) is 5.92 Å².